The van der Waals surface area contributed by atoms with Gasteiger partial charge < -0.3 is 19.4 Å². The van der Waals surface area contributed by atoms with Gasteiger partial charge in [0.25, 0.3) is 5.91 Å². The Labute approximate surface area is 168 Å². The molecule has 3 aromatic rings. The number of imidazole rings is 1. The third kappa shape index (κ3) is 5.13. The predicted molar refractivity (Wildman–Crippen MR) is 97.3 cm³/mol. The quantitative estimate of drug-likeness (QED) is 0.466. The van der Waals surface area contributed by atoms with Crippen molar-refractivity contribution in [2.45, 2.75) is 6.54 Å². The van der Waals surface area contributed by atoms with Crippen molar-refractivity contribution in [1.29, 1.82) is 0 Å². The molecule has 8 nitrogen and oxygen atoms in total. The van der Waals surface area contributed by atoms with Crippen LogP contribution >= 0.6 is 0 Å². The van der Waals surface area contributed by atoms with Gasteiger partial charge in [0.05, 0.1) is 19.6 Å². The van der Waals surface area contributed by atoms with Gasteiger partial charge in [0.15, 0.2) is 29.9 Å². The Hall–Kier alpha value is -3.89. The first-order valence-corrected chi connectivity index (χ1v) is 8.48. The van der Waals surface area contributed by atoms with Crippen LogP contribution in [0, 0.1) is 17.5 Å². The summed E-state index contributed by atoms with van der Waals surface area (Å²) < 4.78 is 50.8. The Morgan fingerprint density at radius 2 is 1.87 bits per heavy atom. The Morgan fingerprint density at radius 3 is 2.50 bits per heavy atom. The van der Waals surface area contributed by atoms with Gasteiger partial charge in [-0.05, 0) is 29.8 Å². The van der Waals surface area contributed by atoms with Crippen LogP contribution in [0.4, 0.5) is 19.0 Å². The molecule has 0 unspecified atom stereocenters. The molecule has 0 spiro atoms. The standard InChI is InChI=1S/C19H15F3N4O4/c1-29-19(28)15-3-2-12(6-23-15)30-9-17(27)25-16-8-26(10-24-16)7-11-4-13(20)18(22)14(21)5-11/h2-6,8,10H,7,9H2,1H3,(H,25,27). The van der Waals surface area contributed by atoms with Crippen LogP contribution in [-0.2, 0) is 16.1 Å². The average Bonchev–Trinajstić information content (AvgIpc) is 3.16. The van der Waals surface area contributed by atoms with Crippen LogP contribution < -0.4 is 10.1 Å². The van der Waals surface area contributed by atoms with E-state index in [-0.39, 0.29) is 36.0 Å². The zero-order valence-corrected chi connectivity index (χ0v) is 15.6. The maximum absolute atomic E-state index is 13.3. The summed E-state index contributed by atoms with van der Waals surface area (Å²) in [5.41, 5.74) is 0.286. The topological polar surface area (TPSA) is 95.3 Å². The Kier molecular flexibility index (Phi) is 6.30. The monoisotopic (exact) mass is 420 g/mol. The van der Waals surface area contributed by atoms with Crippen LogP contribution in [0.2, 0.25) is 0 Å². The molecule has 1 aromatic carbocycles. The van der Waals surface area contributed by atoms with Gasteiger partial charge in [-0.15, -0.1) is 0 Å². The Balaban J connectivity index is 1.53. The van der Waals surface area contributed by atoms with Gasteiger partial charge in [-0.3, -0.25) is 4.79 Å². The molecule has 0 bridgehead atoms. The van der Waals surface area contributed by atoms with Crippen LogP contribution in [0.5, 0.6) is 5.75 Å². The molecule has 0 saturated carbocycles. The molecule has 156 valence electrons. The van der Waals surface area contributed by atoms with Crippen molar-refractivity contribution in [3.63, 3.8) is 0 Å². The highest BCUT2D eigenvalue weighted by Crippen LogP contribution is 2.15. The number of methoxy groups -OCH3 is 1. The molecule has 0 aliphatic rings. The number of carbonyl (C=O) groups excluding carboxylic acids is 2. The van der Waals surface area contributed by atoms with E-state index >= 15 is 0 Å². The normalized spacial score (nSPS) is 10.5. The zero-order valence-electron chi connectivity index (χ0n) is 15.6. The fourth-order valence-electron chi connectivity index (χ4n) is 2.44. The lowest BCUT2D eigenvalue weighted by Crippen LogP contribution is -2.20. The molecule has 1 amide bonds. The summed E-state index contributed by atoms with van der Waals surface area (Å²) in [5, 5.41) is 2.49. The average molecular weight is 420 g/mol. The number of hydrogen-bond donors (Lipinski definition) is 1. The number of benzene rings is 1. The number of ether oxygens (including phenoxy) is 2. The predicted octanol–water partition coefficient (Wildman–Crippen LogP) is 2.55. The summed E-state index contributed by atoms with van der Waals surface area (Å²) >= 11 is 0. The van der Waals surface area contributed by atoms with Crippen molar-refractivity contribution < 1.29 is 32.2 Å². The van der Waals surface area contributed by atoms with Crippen molar-refractivity contribution in [2.24, 2.45) is 0 Å². The van der Waals surface area contributed by atoms with Crippen molar-refractivity contribution in [1.82, 2.24) is 14.5 Å². The molecular formula is C19H15F3N4O4. The van der Waals surface area contributed by atoms with Gasteiger partial charge in [-0.25, -0.2) is 27.9 Å². The molecule has 0 atom stereocenters. The number of esters is 1. The second-order valence-corrected chi connectivity index (χ2v) is 6.01. The van der Waals surface area contributed by atoms with Crippen LogP contribution in [0.25, 0.3) is 0 Å². The number of aromatic nitrogens is 3. The summed E-state index contributed by atoms with van der Waals surface area (Å²) in [6.45, 7) is -0.327. The highest BCUT2D eigenvalue weighted by molar-refractivity contribution is 5.90. The first-order chi connectivity index (χ1) is 14.4. The molecule has 1 N–H and O–H groups in total. The fourth-order valence-corrected chi connectivity index (χ4v) is 2.44. The van der Waals surface area contributed by atoms with Crippen LogP contribution in [0.15, 0.2) is 43.0 Å². The molecular weight excluding hydrogens is 405 g/mol. The SMILES string of the molecule is COC(=O)c1ccc(OCC(=O)Nc2cn(Cc3cc(F)c(F)c(F)c3)cn2)cn1. The number of rotatable bonds is 7. The van der Waals surface area contributed by atoms with E-state index in [9.17, 15) is 22.8 Å². The molecule has 30 heavy (non-hydrogen) atoms. The number of halogens is 3. The molecule has 0 aliphatic heterocycles. The van der Waals surface area contributed by atoms with Gasteiger partial charge in [0.2, 0.25) is 0 Å². The largest absolute Gasteiger partial charge is 0.482 e. The van der Waals surface area contributed by atoms with Crippen molar-refractivity contribution in [2.75, 3.05) is 19.0 Å². The van der Waals surface area contributed by atoms with E-state index in [1.165, 1.54) is 42.5 Å². The number of hydrogen-bond acceptors (Lipinski definition) is 6. The Bertz CT molecular complexity index is 1050. The molecule has 0 saturated heterocycles. The van der Waals surface area contributed by atoms with Crippen LogP contribution in [0.3, 0.4) is 0 Å². The third-order valence-corrected chi connectivity index (χ3v) is 3.81. The van der Waals surface area contributed by atoms with Crippen molar-refractivity contribution >= 4 is 17.7 Å². The second-order valence-electron chi connectivity index (χ2n) is 6.01. The van der Waals surface area contributed by atoms with Gasteiger partial charge in [-0.2, -0.15) is 0 Å². The maximum Gasteiger partial charge on any atom is 0.356 e. The lowest BCUT2D eigenvalue weighted by atomic mass is 10.2. The number of carbonyl (C=O) groups is 2. The first-order valence-electron chi connectivity index (χ1n) is 8.48. The van der Waals surface area contributed by atoms with Crippen LogP contribution in [0.1, 0.15) is 16.1 Å². The van der Waals surface area contributed by atoms with E-state index in [0.29, 0.717) is 0 Å². The molecule has 0 radical (unpaired) electrons. The summed E-state index contributed by atoms with van der Waals surface area (Å²) in [6, 6.07) is 4.61. The van der Waals surface area contributed by atoms with E-state index < -0.39 is 29.3 Å². The molecule has 2 aromatic heterocycles. The molecule has 0 fully saturated rings. The minimum absolute atomic E-state index is 0.0195. The van der Waals surface area contributed by atoms with E-state index in [4.69, 9.17) is 4.74 Å². The molecule has 11 heteroatoms. The van der Waals surface area contributed by atoms with Crippen LogP contribution in [-0.4, -0.2) is 40.1 Å². The summed E-state index contributed by atoms with van der Waals surface area (Å²) in [6.07, 6.45) is 4.05. The van der Waals surface area contributed by atoms with Gasteiger partial charge in [-0.1, -0.05) is 0 Å². The minimum Gasteiger partial charge on any atom is -0.482 e. The number of anilines is 1. The Morgan fingerprint density at radius 1 is 1.13 bits per heavy atom. The second kappa shape index (κ2) is 9.07. The fraction of sp³-hybridized carbons (Fsp3) is 0.158. The van der Waals surface area contributed by atoms with E-state index in [1.807, 2.05) is 0 Å². The maximum atomic E-state index is 13.3. The number of nitrogens with zero attached hydrogens (tertiary/aromatic N) is 3. The highest BCUT2D eigenvalue weighted by atomic mass is 19.2. The summed E-state index contributed by atoms with van der Waals surface area (Å²) in [5.74, 6) is -4.77. The molecule has 3 rings (SSSR count). The van der Waals surface area contributed by atoms with E-state index in [0.717, 1.165) is 12.1 Å². The molecule has 2 heterocycles. The van der Waals surface area contributed by atoms with Gasteiger partial charge in [0.1, 0.15) is 11.4 Å². The first kappa shape index (κ1) is 20.8. The third-order valence-electron chi connectivity index (χ3n) is 3.81. The van der Waals surface area contributed by atoms with Crippen molar-refractivity contribution in [3.05, 3.63) is 71.7 Å². The van der Waals surface area contributed by atoms with Gasteiger partial charge >= 0.3 is 5.97 Å². The number of amides is 1. The van der Waals surface area contributed by atoms with E-state index in [2.05, 4.69) is 20.0 Å². The minimum atomic E-state index is -1.53. The summed E-state index contributed by atoms with van der Waals surface area (Å²) in [7, 11) is 1.23. The smallest absolute Gasteiger partial charge is 0.356 e. The lowest BCUT2D eigenvalue weighted by molar-refractivity contribution is -0.118. The number of nitrogens with one attached hydrogen (secondary N) is 1. The summed E-state index contributed by atoms with van der Waals surface area (Å²) in [4.78, 5) is 31.1. The van der Waals surface area contributed by atoms with Gasteiger partial charge in [0, 0.05) is 12.7 Å². The van der Waals surface area contributed by atoms with E-state index in [1.54, 1.807) is 0 Å². The number of pyridine rings is 1. The lowest BCUT2D eigenvalue weighted by Gasteiger charge is -2.06. The zero-order chi connectivity index (χ0) is 21.7. The highest BCUT2D eigenvalue weighted by Gasteiger charge is 2.12. The van der Waals surface area contributed by atoms with Crippen molar-refractivity contribution in [3.8, 4) is 5.75 Å². The molecule has 0 aliphatic carbocycles.